The van der Waals surface area contributed by atoms with Gasteiger partial charge < -0.3 is 5.32 Å². The summed E-state index contributed by atoms with van der Waals surface area (Å²) in [7, 11) is 0. The highest BCUT2D eigenvalue weighted by molar-refractivity contribution is 5.26. The van der Waals surface area contributed by atoms with Gasteiger partial charge in [-0.15, -0.1) is 0 Å². The summed E-state index contributed by atoms with van der Waals surface area (Å²) in [4.78, 5) is 0. The first-order chi connectivity index (χ1) is 7.29. The number of aryl methyl sites for hydroxylation is 1. The molecule has 1 heteroatoms. The highest BCUT2D eigenvalue weighted by Crippen LogP contribution is 2.26. The van der Waals surface area contributed by atoms with Crippen molar-refractivity contribution in [3.8, 4) is 0 Å². The van der Waals surface area contributed by atoms with E-state index < -0.39 is 0 Å². The molecule has 0 spiro atoms. The monoisotopic (exact) mass is 203 g/mol. The zero-order chi connectivity index (χ0) is 10.7. The third-order valence-corrected chi connectivity index (χ3v) is 3.43. The van der Waals surface area contributed by atoms with Gasteiger partial charge in [-0.2, -0.15) is 0 Å². The highest BCUT2D eigenvalue weighted by Gasteiger charge is 2.19. The van der Waals surface area contributed by atoms with Crippen LogP contribution in [0.4, 0.5) is 0 Å². The van der Waals surface area contributed by atoms with Crippen molar-refractivity contribution in [3.63, 3.8) is 0 Å². The van der Waals surface area contributed by atoms with E-state index in [2.05, 4.69) is 43.4 Å². The van der Waals surface area contributed by atoms with Gasteiger partial charge in [0.2, 0.25) is 0 Å². The van der Waals surface area contributed by atoms with E-state index >= 15 is 0 Å². The number of piperidine rings is 1. The minimum absolute atomic E-state index is 0.722. The minimum atomic E-state index is 0.722. The van der Waals surface area contributed by atoms with E-state index in [9.17, 15) is 0 Å². The van der Waals surface area contributed by atoms with Crippen LogP contribution in [0.1, 0.15) is 37.3 Å². The van der Waals surface area contributed by atoms with Crippen molar-refractivity contribution in [1.82, 2.24) is 5.32 Å². The van der Waals surface area contributed by atoms with Crippen LogP contribution >= 0.6 is 0 Å². The summed E-state index contributed by atoms with van der Waals surface area (Å²) < 4.78 is 0. The van der Waals surface area contributed by atoms with Gasteiger partial charge in [0.05, 0.1) is 0 Å². The molecule has 0 aliphatic carbocycles. The first kappa shape index (κ1) is 10.7. The van der Waals surface area contributed by atoms with Gasteiger partial charge >= 0.3 is 0 Å². The maximum atomic E-state index is 3.51. The second-order valence-electron chi connectivity index (χ2n) is 4.79. The van der Waals surface area contributed by atoms with E-state index in [0.29, 0.717) is 0 Å². The molecule has 1 aromatic rings. The van der Waals surface area contributed by atoms with Crippen LogP contribution in [-0.4, -0.2) is 13.1 Å². The minimum Gasteiger partial charge on any atom is -0.316 e. The summed E-state index contributed by atoms with van der Waals surface area (Å²) in [6.07, 6.45) is 2.47. The fourth-order valence-electron chi connectivity index (χ4n) is 2.44. The van der Waals surface area contributed by atoms with Crippen LogP contribution in [0.3, 0.4) is 0 Å². The molecular weight excluding hydrogens is 182 g/mol. The molecule has 0 aromatic heterocycles. The number of hydrogen-bond donors (Lipinski definition) is 1. The van der Waals surface area contributed by atoms with Crippen LogP contribution in [0.15, 0.2) is 24.3 Å². The Bertz CT molecular complexity index is 302. The van der Waals surface area contributed by atoms with Crippen LogP contribution in [-0.2, 0) is 6.42 Å². The highest BCUT2D eigenvalue weighted by atomic mass is 14.9. The van der Waals surface area contributed by atoms with Crippen molar-refractivity contribution in [1.29, 1.82) is 0 Å². The van der Waals surface area contributed by atoms with Gasteiger partial charge in [0.1, 0.15) is 0 Å². The van der Waals surface area contributed by atoms with Crippen LogP contribution in [0.25, 0.3) is 0 Å². The van der Waals surface area contributed by atoms with E-state index in [1.165, 1.54) is 24.1 Å². The second-order valence-corrected chi connectivity index (χ2v) is 4.79. The quantitative estimate of drug-likeness (QED) is 0.779. The zero-order valence-corrected chi connectivity index (χ0v) is 9.79. The Kier molecular flexibility index (Phi) is 3.42. The molecule has 0 radical (unpaired) electrons. The van der Waals surface area contributed by atoms with Gasteiger partial charge in [-0.25, -0.2) is 0 Å². The van der Waals surface area contributed by atoms with Crippen LogP contribution < -0.4 is 5.32 Å². The maximum absolute atomic E-state index is 3.51. The lowest BCUT2D eigenvalue weighted by atomic mass is 9.86. The summed E-state index contributed by atoms with van der Waals surface area (Å²) in [5, 5.41) is 3.51. The smallest absolute Gasteiger partial charge is 0.00203 e. The van der Waals surface area contributed by atoms with Crippen molar-refractivity contribution in [2.24, 2.45) is 5.92 Å². The third-order valence-electron chi connectivity index (χ3n) is 3.43. The summed E-state index contributed by atoms with van der Waals surface area (Å²) in [6, 6.07) is 9.16. The van der Waals surface area contributed by atoms with Gasteiger partial charge in [-0.3, -0.25) is 0 Å². The largest absolute Gasteiger partial charge is 0.316 e. The molecule has 1 aromatic carbocycles. The van der Waals surface area contributed by atoms with Crippen LogP contribution in [0, 0.1) is 5.92 Å². The molecule has 1 fully saturated rings. The Hall–Kier alpha value is -0.820. The number of rotatable bonds is 2. The lowest BCUT2D eigenvalue weighted by Crippen LogP contribution is -2.33. The normalized spacial score (nSPS) is 26.5. The van der Waals surface area contributed by atoms with Crippen molar-refractivity contribution in [2.45, 2.75) is 32.6 Å². The van der Waals surface area contributed by atoms with Gasteiger partial charge in [-0.1, -0.05) is 38.1 Å². The molecule has 1 heterocycles. The topological polar surface area (TPSA) is 12.0 Å². The molecule has 1 aliphatic heterocycles. The van der Waals surface area contributed by atoms with E-state index in [0.717, 1.165) is 24.8 Å². The van der Waals surface area contributed by atoms with Gasteiger partial charge in [0.15, 0.2) is 0 Å². The van der Waals surface area contributed by atoms with E-state index in [1.54, 1.807) is 0 Å². The molecule has 2 unspecified atom stereocenters. The number of nitrogens with one attached hydrogen (secondary N) is 1. The molecular formula is C14H21N. The molecule has 1 aliphatic rings. The summed E-state index contributed by atoms with van der Waals surface area (Å²) >= 11 is 0. The molecule has 82 valence electrons. The van der Waals surface area contributed by atoms with E-state index in [4.69, 9.17) is 0 Å². The molecule has 1 nitrogen and oxygen atoms in total. The number of hydrogen-bond acceptors (Lipinski definition) is 1. The average Bonchev–Trinajstić information content (AvgIpc) is 2.29. The first-order valence-corrected chi connectivity index (χ1v) is 6.09. The SMILES string of the molecule is CCc1ccc(C2CNCC(C)C2)cc1. The molecule has 0 saturated carbocycles. The Morgan fingerprint density at radius 1 is 1.20 bits per heavy atom. The average molecular weight is 203 g/mol. The van der Waals surface area contributed by atoms with Crippen LogP contribution in [0.2, 0.25) is 0 Å². The molecule has 0 amide bonds. The van der Waals surface area contributed by atoms with E-state index in [-0.39, 0.29) is 0 Å². The maximum Gasteiger partial charge on any atom is 0.00203 e. The summed E-state index contributed by atoms with van der Waals surface area (Å²) in [5.74, 6) is 1.54. The molecule has 0 bridgehead atoms. The van der Waals surface area contributed by atoms with Crippen molar-refractivity contribution in [2.75, 3.05) is 13.1 Å². The number of benzene rings is 1. The lowest BCUT2D eigenvalue weighted by Gasteiger charge is -2.28. The van der Waals surface area contributed by atoms with Gasteiger partial charge in [0.25, 0.3) is 0 Å². The fourth-order valence-corrected chi connectivity index (χ4v) is 2.44. The Balaban J connectivity index is 2.07. The third kappa shape index (κ3) is 2.60. The second kappa shape index (κ2) is 4.80. The molecule has 1 N–H and O–H groups in total. The predicted molar refractivity (Wildman–Crippen MR) is 65.2 cm³/mol. The Labute approximate surface area is 92.9 Å². The Morgan fingerprint density at radius 3 is 2.53 bits per heavy atom. The summed E-state index contributed by atoms with van der Waals surface area (Å²) in [5.41, 5.74) is 2.95. The van der Waals surface area contributed by atoms with Crippen LogP contribution in [0.5, 0.6) is 0 Å². The molecule has 1 saturated heterocycles. The molecule has 2 rings (SSSR count). The lowest BCUT2D eigenvalue weighted by molar-refractivity contribution is 0.364. The standard InChI is InChI=1S/C14H21N/c1-3-12-4-6-13(7-5-12)14-8-11(2)9-15-10-14/h4-7,11,14-15H,3,8-10H2,1-2H3. The van der Waals surface area contributed by atoms with Crippen molar-refractivity contribution < 1.29 is 0 Å². The molecule has 15 heavy (non-hydrogen) atoms. The Morgan fingerprint density at radius 2 is 1.93 bits per heavy atom. The fraction of sp³-hybridized carbons (Fsp3) is 0.571. The van der Waals surface area contributed by atoms with Crippen molar-refractivity contribution >= 4 is 0 Å². The first-order valence-electron chi connectivity index (χ1n) is 6.09. The van der Waals surface area contributed by atoms with Gasteiger partial charge in [0, 0.05) is 6.54 Å². The van der Waals surface area contributed by atoms with Crippen molar-refractivity contribution in [3.05, 3.63) is 35.4 Å². The molecule has 2 atom stereocenters. The van der Waals surface area contributed by atoms with Gasteiger partial charge in [-0.05, 0) is 42.3 Å². The predicted octanol–water partition coefficient (Wildman–Crippen LogP) is 2.96. The van der Waals surface area contributed by atoms with E-state index in [1.807, 2.05) is 0 Å². The zero-order valence-electron chi connectivity index (χ0n) is 9.79. The summed E-state index contributed by atoms with van der Waals surface area (Å²) in [6.45, 7) is 6.87.